The standard InChI is InChI=1S/C15H16Br2F2N2O/c1-10(2)6-12-8-14(17)20-21(12)11-4-3-5-13(7-11)22-15(18,19)9-16/h3-5,7-8,10H,6,9H2,1-2H3. The van der Waals surface area contributed by atoms with Crippen LogP contribution in [0.1, 0.15) is 19.5 Å². The summed E-state index contributed by atoms with van der Waals surface area (Å²) < 4.78 is 33.8. The van der Waals surface area contributed by atoms with Crippen LogP contribution in [-0.2, 0) is 6.42 Å². The van der Waals surface area contributed by atoms with Crippen molar-refractivity contribution in [3.8, 4) is 11.4 Å². The lowest BCUT2D eigenvalue weighted by Crippen LogP contribution is -2.26. The number of hydrogen-bond donors (Lipinski definition) is 0. The largest absolute Gasteiger partial charge is 0.432 e. The maximum absolute atomic E-state index is 13.3. The van der Waals surface area contributed by atoms with Crippen LogP contribution in [0.25, 0.3) is 5.69 Å². The Labute approximate surface area is 144 Å². The predicted molar refractivity (Wildman–Crippen MR) is 89.2 cm³/mol. The molecule has 2 aromatic rings. The van der Waals surface area contributed by atoms with Crippen molar-refractivity contribution in [3.05, 3.63) is 40.6 Å². The highest BCUT2D eigenvalue weighted by Crippen LogP contribution is 2.26. The molecule has 0 aliphatic carbocycles. The van der Waals surface area contributed by atoms with Crippen molar-refractivity contribution < 1.29 is 13.5 Å². The smallest absolute Gasteiger partial charge is 0.407 e. The number of rotatable bonds is 6. The Morgan fingerprint density at radius 2 is 2.05 bits per heavy atom. The zero-order chi connectivity index (χ0) is 16.3. The quantitative estimate of drug-likeness (QED) is 0.580. The molecule has 7 heteroatoms. The summed E-state index contributed by atoms with van der Waals surface area (Å²) >= 11 is 6.09. The maximum atomic E-state index is 13.3. The summed E-state index contributed by atoms with van der Waals surface area (Å²) in [6.07, 6.45) is -2.41. The van der Waals surface area contributed by atoms with Crippen LogP contribution in [0.4, 0.5) is 8.78 Å². The molecule has 0 saturated heterocycles. The van der Waals surface area contributed by atoms with E-state index in [9.17, 15) is 8.78 Å². The Morgan fingerprint density at radius 3 is 2.68 bits per heavy atom. The first kappa shape index (κ1) is 17.4. The van der Waals surface area contributed by atoms with Crippen molar-refractivity contribution in [3.63, 3.8) is 0 Å². The third-order valence-corrected chi connectivity index (χ3v) is 3.90. The van der Waals surface area contributed by atoms with Gasteiger partial charge in [-0.15, -0.1) is 0 Å². The molecule has 120 valence electrons. The normalized spacial score (nSPS) is 12.0. The number of benzene rings is 1. The average molecular weight is 438 g/mol. The van der Waals surface area contributed by atoms with Crippen LogP contribution in [0.3, 0.4) is 0 Å². The van der Waals surface area contributed by atoms with E-state index in [0.29, 0.717) is 16.2 Å². The van der Waals surface area contributed by atoms with Gasteiger partial charge in [0.1, 0.15) is 15.7 Å². The summed E-state index contributed by atoms with van der Waals surface area (Å²) in [4.78, 5) is 0. The summed E-state index contributed by atoms with van der Waals surface area (Å²) in [7, 11) is 0. The summed E-state index contributed by atoms with van der Waals surface area (Å²) in [6.45, 7) is 4.22. The van der Waals surface area contributed by atoms with E-state index < -0.39 is 11.4 Å². The average Bonchev–Trinajstić information content (AvgIpc) is 2.78. The predicted octanol–water partition coefficient (Wildman–Crippen LogP) is 5.20. The molecule has 0 amide bonds. The molecular weight excluding hydrogens is 422 g/mol. The lowest BCUT2D eigenvalue weighted by Gasteiger charge is -2.16. The van der Waals surface area contributed by atoms with Crippen molar-refractivity contribution in [1.82, 2.24) is 9.78 Å². The lowest BCUT2D eigenvalue weighted by atomic mass is 10.1. The third-order valence-electron chi connectivity index (χ3n) is 2.86. The van der Waals surface area contributed by atoms with E-state index in [-0.39, 0.29) is 5.75 Å². The van der Waals surface area contributed by atoms with E-state index in [2.05, 4.69) is 50.8 Å². The van der Waals surface area contributed by atoms with Crippen LogP contribution in [0, 0.1) is 5.92 Å². The third kappa shape index (κ3) is 4.52. The lowest BCUT2D eigenvalue weighted by molar-refractivity contribution is -0.153. The van der Waals surface area contributed by atoms with E-state index in [4.69, 9.17) is 4.74 Å². The molecule has 0 aliphatic rings. The number of nitrogens with zero attached hydrogens (tertiary/aromatic N) is 2. The van der Waals surface area contributed by atoms with Crippen molar-refractivity contribution in [2.24, 2.45) is 5.92 Å². The molecule has 0 aliphatic heterocycles. The highest BCUT2D eigenvalue weighted by Gasteiger charge is 2.29. The summed E-state index contributed by atoms with van der Waals surface area (Å²) in [6, 6.07) is 8.47. The van der Waals surface area contributed by atoms with Gasteiger partial charge in [-0.25, -0.2) is 4.68 Å². The topological polar surface area (TPSA) is 27.1 Å². The number of hydrogen-bond acceptors (Lipinski definition) is 2. The van der Waals surface area contributed by atoms with Crippen LogP contribution >= 0.6 is 31.9 Å². The molecule has 3 nitrogen and oxygen atoms in total. The fourth-order valence-corrected chi connectivity index (χ4v) is 2.59. The molecule has 0 unspecified atom stereocenters. The van der Waals surface area contributed by atoms with Gasteiger partial charge < -0.3 is 4.74 Å². The number of aromatic nitrogens is 2. The molecule has 0 spiro atoms. The molecule has 22 heavy (non-hydrogen) atoms. The minimum atomic E-state index is -3.25. The Kier molecular flexibility index (Phi) is 5.60. The molecule has 0 bridgehead atoms. The molecule has 1 heterocycles. The Balaban J connectivity index is 2.34. The first-order chi connectivity index (χ1) is 10.3. The SMILES string of the molecule is CC(C)Cc1cc(Br)nn1-c1cccc(OC(F)(F)CBr)c1. The second-order valence-corrected chi connectivity index (χ2v) is 6.71. The molecule has 1 aromatic heterocycles. The van der Waals surface area contributed by atoms with Gasteiger partial charge >= 0.3 is 6.11 Å². The maximum Gasteiger partial charge on any atom is 0.407 e. The van der Waals surface area contributed by atoms with Gasteiger partial charge in [0.15, 0.2) is 0 Å². The van der Waals surface area contributed by atoms with Gasteiger partial charge in [0.25, 0.3) is 0 Å². The van der Waals surface area contributed by atoms with E-state index in [0.717, 1.165) is 12.1 Å². The molecule has 2 rings (SSSR count). The Bertz CT molecular complexity index is 644. The first-order valence-electron chi connectivity index (χ1n) is 6.78. The van der Waals surface area contributed by atoms with Crippen molar-refractivity contribution in [2.75, 3.05) is 5.33 Å². The van der Waals surface area contributed by atoms with Crippen LogP contribution < -0.4 is 4.74 Å². The van der Waals surface area contributed by atoms with Gasteiger partial charge in [0, 0.05) is 11.8 Å². The molecule has 0 N–H and O–H groups in total. The summed E-state index contributed by atoms with van der Waals surface area (Å²) in [5, 5.41) is 3.81. The van der Waals surface area contributed by atoms with Gasteiger partial charge in [0.2, 0.25) is 0 Å². The van der Waals surface area contributed by atoms with Crippen molar-refractivity contribution in [2.45, 2.75) is 26.4 Å². The van der Waals surface area contributed by atoms with Crippen molar-refractivity contribution in [1.29, 1.82) is 0 Å². The molecule has 0 fully saturated rings. The van der Waals surface area contributed by atoms with Gasteiger partial charge in [-0.05, 0) is 46.5 Å². The number of halogens is 4. The molecule has 0 radical (unpaired) electrons. The zero-order valence-corrected chi connectivity index (χ0v) is 15.4. The summed E-state index contributed by atoms with van der Waals surface area (Å²) in [5.74, 6) is 0.559. The fourth-order valence-electron chi connectivity index (χ4n) is 2.05. The second-order valence-electron chi connectivity index (χ2n) is 5.34. The van der Waals surface area contributed by atoms with Gasteiger partial charge in [0.05, 0.1) is 5.69 Å². The van der Waals surface area contributed by atoms with E-state index >= 15 is 0 Å². The second kappa shape index (κ2) is 7.08. The highest BCUT2D eigenvalue weighted by molar-refractivity contribution is 9.10. The van der Waals surface area contributed by atoms with Crippen LogP contribution in [-0.4, -0.2) is 21.2 Å². The summed E-state index contributed by atoms with van der Waals surface area (Å²) in [5.41, 5.74) is 1.69. The van der Waals surface area contributed by atoms with Crippen LogP contribution in [0.15, 0.2) is 34.9 Å². The van der Waals surface area contributed by atoms with Gasteiger partial charge in [-0.2, -0.15) is 13.9 Å². The van der Waals surface area contributed by atoms with Crippen molar-refractivity contribution >= 4 is 31.9 Å². The minimum Gasteiger partial charge on any atom is -0.432 e. The van der Waals surface area contributed by atoms with Crippen LogP contribution in [0.5, 0.6) is 5.75 Å². The number of alkyl halides is 3. The first-order valence-corrected chi connectivity index (χ1v) is 8.70. The molecule has 1 aromatic carbocycles. The zero-order valence-electron chi connectivity index (χ0n) is 12.2. The van der Waals surface area contributed by atoms with E-state index in [1.165, 1.54) is 6.07 Å². The molecule has 0 atom stereocenters. The van der Waals surface area contributed by atoms with Crippen LogP contribution in [0.2, 0.25) is 0 Å². The van der Waals surface area contributed by atoms with E-state index in [1.54, 1.807) is 16.8 Å². The molecule has 0 saturated carbocycles. The monoisotopic (exact) mass is 436 g/mol. The van der Waals surface area contributed by atoms with E-state index in [1.807, 2.05) is 12.1 Å². The Morgan fingerprint density at radius 1 is 1.32 bits per heavy atom. The van der Waals surface area contributed by atoms with Gasteiger partial charge in [-0.1, -0.05) is 35.8 Å². The minimum absolute atomic E-state index is 0.101. The molecular formula is C15H16Br2F2N2O. The number of ether oxygens (including phenoxy) is 1. The highest BCUT2D eigenvalue weighted by atomic mass is 79.9. The Hall–Kier alpha value is -0.950. The fraction of sp³-hybridized carbons (Fsp3) is 0.400. The van der Waals surface area contributed by atoms with Gasteiger partial charge in [-0.3, -0.25) is 0 Å².